The number of carbonyl (C=O) groups is 1. The van der Waals surface area contributed by atoms with Crippen LogP contribution in [0.25, 0.3) is 22.5 Å². The van der Waals surface area contributed by atoms with Crippen molar-refractivity contribution in [1.29, 1.82) is 5.26 Å². The molecule has 2 aliphatic heterocycles. The van der Waals surface area contributed by atoms with E-state index in [1.54, 1.807) is 54.3 Å². The Kier molecular flexibility index (Phi) is 6.89. The summed E-state index contributed by atoms with van der Waals surface area (Å²) in [6.45, 7) is 4.29. The number of nitrogens with zero attached hydrogens (tertiary/aromatic N) is 7. The number of likely N-dealkylation sites (tertiary alicyclic amines) is 1. The first-order valence-corrected chi connectivity index (χ1v) is 15.0. The molecule has 9 nitrogen and oxygen atoms in total. The average molecular weight is 613 g/mol. The number of benzene rings is 2. The van der Waals surface area contributed by atoms with Gasteiger partial charge in [0, 0.05) is 37.8 Å². The minimum Gasteiger partial charge on any atom is -0.370 e. The number of aromatic nitrogens is 4. The molecular weight excluding hydrogens is 581 g/mol. The third kappa shape index (κ3) is 5.31. The van der Waals surface area contributed by atoms with Crippen LogP contribution >= 0.6 is 0 Å². The number of carbonyl (C=O) groups excluding carboxylic acids is 1. The molecule has 1 saturated heterocycles. The fourth-order valence-electron chi connectivity index (χ4n) is 6.66. The van der Waals surface area contributed by atoms with Crippen molar-refractivity contribution in [2.24, 2.45) is 12.5 Å². The lowest BCUT2D eigenvalue weighted by Crippen LogP contribution is -2.24. The highest BCUT2D eigenvalue weighted by molar-refractivity contribution is 6.10. The van der Waals surface area contributed by atoms with Crippen molar-refractivity contribution in [3.8, 4) is 28.6 Å². The van der Waals surface area contributed by atoms with Gasteiger partial charge in [0.1, 0.15) is 18.0 Å². The lowest BCUT2D eigenvalue weighted by Gasteiger charge is -2.19. The van der Waals surface area contributed by atoms with Gasteiger partial charge in [0.25, 0.3) is 5.91 Å². The molecule has 1 spiro atoms. The van der Waals surface area contributed by atoms with E-state index in [1.165, 1.54) is 23.8 Å². The lowest BCUT2D eigenvalue weighted by atomic mass is 9.97. The molecule has 230 valence electrons. The molecule has 4 heterocycles. The van der Waals surface area contributed by atoms with Crippen molar-refractivity contribution >= 4 is 17.5 Å². The molecule has 2 aromatic carbocycles. The van der Waals surface area contributed by atoms with Crippen molar-refractivity contribution < 1.29 is 18.0 Å². The van der Waals surface area contributed by atoms with Crippen LogP contribution < -0.4 is 10.2 Å². The number of pyridine rings is 1. The van der Waals surface area contributed by atoms with E-state index >= 15 is 0 Å². The molecule has 1 N–H and O–H groups in total. The Balaban J connectivity index is 1.30. The van der Waals surface area contributed by atoms with Gasteiger partial charge in [-0.25, -0.2) is 4.98 Å². The Morgan fingerprint density at radius 3 is 2.56 bits per heavy atom. The van der Waals surface area contributed by atoms with Gasteiger partial charge in [-0.3, -0.25) is 14.6 Å². The van der Waals surface area contributed by atoms with E-state index in [1.807, 2.05) is 6.92 Å². The first-order valence-electron chi connectivity index (χ1n) is 15.0. The second-order valence-electron chi connectivity index (χ2n) is 12.3. The Morgan fingerprint density at radius 1 is 1.07 bits per heavy atom. The van der Waals surface area contributed by atoms with Crippen LogP contribution in [0.15, 0.2) is 48.8 Å². The highest BCUT2D eigenvalue weighted by atomic mass is 19.4. The molecule has 7 rings (SSSR count). The topological polar surface area (TPSA) is 103 Å². The number of alkyl halides is 3. The molecule has 1 saturated carbocycles. The summed E-state index contributed by atoms with van der Waals surface area (Å²) in [6, 6.07) is 13.7. The number of fused-ring (bicyclic) bond motifs is 1. The Bertz CT molecular complexity index is 1870. The first-order chi connectivity index (χ1) is 21.6. The van der Waals surface area contributed by atoms with Crippen molar-refractivity contribution in [2.45, 2.75) is 45.5 Å². The van der Waals surface area contributed by atoms with Gasteiger partial charge >= 0.3 is 6.18 Å². The number of nitrogens with one attached hydrogen (secondary N) is 1. The predicted octanol–water partition coefficient (Wildman–Crippen LogP) is 6.01. The SMILES string of the molecule is CCNc1cc(-c2cc(C#N)ccc2-c2nncn2C)cc(N2Cc3c(cc(CN4CCC5(CC5)C4)cc3C(F)(F)F)C2=O)n1. The summed E-state index contributed by atoms with van der Waals surface area (Å²) in [6.07, 6.45) is 0.377. The zero-order valence-corrected chi connectivity index (χ0v) is 24.9. The van der Waals surface area contributed by atoms with Gasteiger partial charge in [0.05, 0.1) is 23.7 Å². The highest BCUT2D eigenvalue weighted by Gasteiger charge is 2.47. The van der Waals surface area contributed by atoms with Crippen molar-refractivity contribution in [1.82, 2.24) is 24.6 Å². The van der Waals surface area contributed by atoms with Crippen LogP contribution in [0.2, 0.25) is 0 Å². The fraction of sp³-hybridized carbons (Fsp3) is 0.364. The van der Waals surface area contributed by atoms with E-state index in [0.29, 0.717) is 58.0 Å². The van der Waals surface area contributed by atoms with Crippen LogP contribution in [0.5, 0.6) is 0 Å². The zero-order valence-electron chi connectivity index (χ0n) is 24.9. The van der Waals surface area contributed by atoms with Crippen LogP contribution in [0.1, 0.15) is 58.8 Å². The highest BCUT2D eigenvalue weighted by Crippen LogP contribution is 2.53. The lowest BCUT2D eigenvalue weighted by molar-refractivity contribution is -0.138. The molecule has 2 aromatic heterocycles. The summed E-state index contributed by atoms with van der Waals surface area (Å²) in [7, 11) is 1.81. The number of nitriles is 1. The maximum absolute atomic E-state index is 14.5. The Labute approximate surface area is 258 Å². The normalized spacial score (nSPS) is 17.2. The fourth-order valence-corrected chi connectivity index (χ4v) is 6.66. The van der Waals surface area contributed by atoms with E-state index in [4.69, 9.17) is 0 Å². The largest absolute Gasteiger partial charge is 0.416 e. The third-order valence-electron chi connectivity index (χ3n) is 9.15. The summed E-state index contributed by atoms with van der Waals surface area (Å²) in [5.74, 6) is 0.694. The summed E-state index contributed by atoms with van der Waals surface area (Å²) in [4.78, 5) is 22.1. The number of hydrogen-bond donors (Lipinski definition) is 1. The quantitative estimate of drug-likeness (QED) is 0.273. The summed E-state index contributed by atoms with van der Waals surface area (Å²) in [5, 5.41) is 21.1. The Morgan fingerprint density at radius 2 is 1.89 bits per heavy atom. The third-order valence-corrected chi connectivity index (χ3v) is 9.15. The molecule has 1 aliphatic carbocycles. The number of rotatable bonds is 7. The minimum atomic E-state index is -4.62. The maximum atomic E-state index is 14.5. The molecule has 12 heteroatoms. The van der Waals surface area contributed by atoms with E-state index < -0.39 is 17.6 Å². The summed E-state index contributed by atoms with van der Waals surface area (Å²) in [5.41, 5.74) is 2.45. The van der Waals surface area contributed by atoms with Gasteiger partial charge in [-0.2, -0.15) is 18.4 Å². The van der Waals surface area contributed by atoms with Gasteiger partial charge < -0.3 is 9.88 Å². The molecule has 0 radical (unpaired) electrons. The number of halogens is 3. The second kappa shape index (κ2) is 10.7. The van der Waals surface area contributed by atoms with Gasteiger partial charge in [-0.15, -0.1) is 10.2 Å². The maximum Gasteiger partial charge on any atom is 0.416 e. The standard InChI is InChI=1S/C33H31F3N8O/c1-3-38-28-13-22(24-10-20(15-37)4-5-23(24)30-41-39-19-42(30)2)14-29(40-28)44-17-26-25(31(44)45)11-21(12-27(26)33(34,35)36)16-43-9-8-32(18-43)6-7-32/h4-5,10-14,19H,3,6-9,16-18H2,1-2H3,(H,38,40). The molecule has 1 amide bonds. The second-order valence-corrected chi connectivity index (χ2v) is 12.3. The molecule has 3 aliphatic rings. The number of amides is 1. The van der Waals surface area contributed by atoms with Gasteiger partial charge in [0.15, 0.2) is 5.82 Å². The smallest absolute Gasteiger partial charge is 0.370 e. The van der Waals surface area contributed by atoms with Gasteiger partial charge in [-0.1, -0.05) is 0 Å². The number of aryl methyl sites for hydroxylation is 1. The number of anilines is 2. The molecule has 2 fully saturated rings. The predicted molar refractivity (Wildman–Crippen MR) is 162 cm³/mol. The van der Waals surface area contributed by atoms with E-state index in [9.17, 15) is 23.2 Å². The molecular formula is C33H31F3N8O. The molecule has 45 heavy (non-hydrogen) atoms. The van der Waals surface area contributed by atoms with Crippen LogP contribution in [0, 0.1) is 16.7 Å². The van der Waals surface area contributed by atoms with Crippen molar-refractivity contribution in [2.75, 3.05) is 29.9 Å². The van der Waals surface area contributed by atoms with Crippen molar-refractivity contribution in [3.05, 3.63) is 76.6 Å². The van der Waals surface area contributed by atoms with Crippen LogP contribution in [-0.2, 0) is 26.3 Å². The summed E-state index contributed by atoms with van der Waals surface area (Å²) >= 11 is 0. The molecule has 0 bridgehead atoms. The zero-order chi connectivity index (χ0) is 31.5. The molecule has 0 unspecified atom stereocenters. The summed E-state index contributed by atoms with van der Waals surface area (Å²) < 4.78 is 45.1. The van der Waals surface area contributed by atoms with Crippen LogP contribution in [0.3, 0.4) is 0 Å². The Hall–Kier alpha value is -4.76. The first kappa shape index (κ1) is 29.0. The van der Waals surface area contributed by atoms with E-state index in [0.717, 1.165) is 19.5 Å². The van der Waals surface area contributed by atoms with E-state index in [2.05, 4.69) is 31.5 Å². The number of hydrogen-bond acceptors (Lipinski definition) is 7. The van der Waals surface area contributed by atoms with E-state index in [-0.39, 0.29) is 23.5 Å². The molecule has 4 aromatic rings. The molecule has 0 atom stereocenters. The monoisotopic (exact) mass is 612 g/mol. The minimum absolute atomic E-state index is 0.0419. The van der Waals surface area contributed by atoms with Gasteiger partial charge in [0.2, 0.25) is 0 Å². The van der Waals surface area contributed by atoms with Gasteiger partial charge in [-0.05, 0) is 103 Å². The van der Waals surface area contributed by atoms with Crippen LogP contribution in [0.4, 0.5) is 24.8 Å². The van der Waals surface area contributed by atoms with Crippen LogP contribution in [-0.4, -0.2) is 50.2 Å². The van der Waals surface area contributed by atoms with Crippen molar-refractivity contribution in [3.63, 3.8) is 0 Å². The average Bonchev–Trinajstić information content (AvgIpc) is 3.27.